The summed E-state index contributed by atoms with van der Waals surface area (Å²) in [7, 11) is 0. The summed E-state index contributed by atoms with van der Waals surface area (Å²) in [5.74, 6) is -2.77. The number of ether oxygens (including phenoxy) is 2. The molecule has 0 aromatic rings. The Kier molecular flexibility index (Phi) is 8.92. The second-order valence-electron chi connectivity index (χ2n) is 6.39. The fourth-order valence-electron chi connectivity index (χ4n) is 2.46. The second-order valence-corrected chi connectivity index (χ2v) is 6.39. The summed E-state index contributed by atoms with van der Waals surface area (Å²) in [6, 6.07) is 0. The number of aliphatic hydroxyl groups is 1. The Balaban J connectivity index is 2.98. The Labute approximate surface area is 153 Å². The number of Topliss-reactive ketones (excluding diaryl/α,β-unsaturated/α-hetero) is 1. The predicted octanol–water partition coefficient (Wildman–Crippen LogP) is 1.67. The van der Waals surface area contributed by atoms with E-state index in [4.69, 9.17) is 9.47 Å². The molecule has 0 amide bonds. The molecule has 0 aromatic heterocycles. The third kappa shape index (κ3) is 7.74. The first-order valence-corrected chi connectivity index (χ1v) is 8.67. The summed E-state index contributed by atoms with van der Waals surface area (Å²) in [5, 5.41) is 9.98. The van der Waals surface area contributed by atoms with Gasteiger partial charge in [-0.2, -0.15) is 0 Å². The molecule has 0 radical (unpaired) electrons. The minimum Gasteiger partial charge on any atom is -0.460 e. The van der Waals surface area contributed by atoms with E-state index in [2.05, 4.69) is 0 Å². The van der Waals surface area contributed by atoms with Crippen molar-refractivity contribution in [2.75, 3.05) is 0 Å². The maximum absolute atomic E-state index is 12.4. The molecule has 7 nitrogen and oxygen atoms in total. The van der Waals surface area contributed by atoms with Gasteiger partial charge >= 0.3 is 11.9 Å². The van der Waals surface area contributed by atoms with Crippen molar-refractivity contribution in [2.24, 2.45) is 5.92 Å². The number of hydrogen-bond donors (Lipinski definition) is 1. The van der Waals surface area contributed by atoms with Crippen LogP contribution in [0.4, 0.5) is 0 Å². The summed E-state index contributed by atoms with van der Waals surface area (Å²) >= 11 is 0. The summed E-state index contributed by atoms with van der Waals surface area (Å²) in [5.41, 5.74) is 0. The normalized spacial score (nSPS) is 30.4. The number of cyclic esters (lactones) is 2. The molecule has 0 aliphatic carbocycles. The van der Waals surface area contributed by atoms with Gasteiger partial charge in [0.1, 0.15) is 18.0 Å². The Morgan fingerprint density at radius 2 is 1.96 bits per heavy atom. The molecule has 1 rings (SSSR count). The fraction of sp³-hybridized carbons (Fsp3) is 0.579. The van der Waals surface area contributed by atoms with E-state index < -0.39 is 36.2 Å². The van der Waals surface area contributed by atoms with E-state index in [0.29, 0.717) is 6.42 Å². The van der Waals surface area contributed by atoms with Crippen LogP contribution in [0, 0.1) is 5.92 Å². The SMILES string of the molecule is C/C=C/C(=O)C[C@H]1CC(=O)CC[C@H](C)OC(=O)/C=C\[C@@H](O)[C@H](C)OC1=O. The first-order valence-electron chi connectivity index (χ1n) is 8.67. The third-order valence-corrected chi connectivity index (χ3v) is 3.97. The zero-order valence-corrected chi connectivity index (χ0v) is 15.3. The van der Waals surface area contributed by atoms with E-state index in [0.717, 1.165) is 6.08 Å². The van der Waals surface area contributed by atoms with Gasteiger partial charge in [0.25, 0.3) is 0 Å². The first-order chi connectivity index (χ1) is 12.2. The molecule has 7 heteroatoms. The van der Waals surface area contributed by atoms with E-state index in [1.165, 1.54) is 19.1 Å². The molecule has 1 heterocycles. The van der Waals surface area contributed by atoms with Crippen LogP contribution in [-0.4, -0.2) is 46.9 Å². The van der Waals surface area contributed by atoms with E-state index >= 15 is 0 Å². The molecule has 0 unspecified atom stereocenters. The van der Waals surface area contributed by atoms with Gasteiger partial charge in [0.15, 0.2) is 5.78 Å². The van der Waals surface area contributed by atoms with Crippen LogP contribution < -0.4 is 0 Å². The molecule has 1 N–H and O–H groups in total. The van der Waals surface area contributed by atoms with Crippen molar-refractivity contribution in [1.29, 1.82) is 0 Å². The predicted molar refractivity (Wildman–Crippen MR) is 93.0 cm³/mol. The summed E-state index contributed by atoms with van der Waals surface area (Å²) in [6.45, 7) is 4.80. The van der Waals surface area contributed by atoms with Crippen molar-refractivity contribution in [3.05, 3.63) is 24.3 Å². The number of carbonyl (C=O) groups is 4. The number of hydrogen-bond acceptors (Lipinski definition) is 7. The highest BCUT2D eigenvalue weighted by molar-refractivity contribution is 5.94. The topological polar surface area (TPSA) is 107 Å². The molecule has 0 saturated carbocycles. The summed E-state index contributed by atoms with van der Waals surface area (Å²) in [6.07, 6.45) is 2.66. The number of carbonyl (C=O) groups excluding carboxylic acids is 4. The smallest absolute Gasteiger partial charge is 0.330 e. The van der Waals surface area contributed by atoms with Gasteiger partial charge in [-0.05, 0) is 39.3 Å². The Morgan fingerprint density at radius 3 is 2.62 bits per heavy atom. The molecular weight excluding hydrogens is 340 g/mol. The van der Waals surface area contributed by atoms with Crippen molar-refractivity contribution in [3.8, 4) is 0 Å². The lowest BCUT2D eigenvalue weighted by molar-refractivity contribution is -0.159. The van der Waals surface area contributed by atoms with E-state index in [9.17, 15) is 24.3 Å². The fourth-order valence-corrected chi connectivity index (χ4v) is 2.46. The molecule has 0 fully saturated rings. The van der Waals surface area contributed by atoms with Crippen molar-refractivity contribution in [1.82, 2.24) is 0 Å². The second kappa shape index (κ2) is 10.7. The number of rotatable bonds is 3. The number of allylic oxidation sites excluding steroid dienone is 2. The third-order valence-electron chi connectivity index (χ3n) is 3.97. The Bertz CT molecular complexity index is 591. The molecule has 0 bridgehead atoms. The van der Waals surface area contributed by atoms with Crippen LogP contribution in [-0.2, 0) is 28.7 Å². The van der Waals surface area contributed by atoms with Crippen LogP contribution in [0.5, 0.6) is 0 Å². The first kappa shape index (κ1) is 21.8. The summed E-state index contributed by atoms with van der Waals surface area (Å²) in [4.78, 5) is 48.0. The van der Waals surface area contributed by atoms with E-state index in [-0.39, 0.29) is 30.8 Å². The van der Waals surface area contributed by atoms with Crippen LogP contribution in [0.25, 0.3) is 0 Å². The van der Waals surface area contributed by atoms with Crippen molar-refractivity contribution < 1.29 is 33.8 Å². The van der Waals surface area contributed by atoms with Crippen molar-refractivity contribution in [2.45, 2.75) is 64.8 Å². The maximum Gasteiger partial charge on any atom is 0.330 e. The highest BCUT2D eigenvalue weighted by atomic mass is 16.6. The highest BCUT2D eigenvalue weighted by Crippen LogP contribution is 2.18. The van der Waals surface area contributed by atoms with Gasteiger partial charge in [-0.1, -0.05) is 6.08 Å². The molecule has 4 atom stereocenters. The molecule has 1 aliphatic rings. The maximum atomic E-state index is 12.4. The van der Waals surface area contributed by atoms with Crippen LogP contribution in [0.2, 0.25) is 0 Å². The molecule has 144 valence electrons. The molecular formula is C19H26O7. The molecule has 0 aromatic carbocycles. The van der Waals surface area contributed by atoms with Crippen LogP contribution in [0.15, 0.2) is 24.3 Å². The highest BCUT2D eigenvalue weighted by Gasteiger charge is 2.28. The standard InChI is InChI=1S/C19H26O7/c1-4-5-15(20)10-14-11-16(21)7-6-12(2)25-18(23)9-8-17(22)13(3)26-19(14)24/h4-5,8-9,12-14,17,22H,6-7,10-11H2,1-3H3/b5-4+,9-8-/t12-,13-,14-,17+/m0/s1. The largest absolute Gasteiger partial charge is 0.460 e. The lowest BCUT2D eigenvalue weighted by atomic mass is 9.94. The molecule has 0 saturated heterocycles. The minimum absolute atomic E-state index is 0.123. The average molecular weight is 366 g/mol. The van der Waals surface area contributed by atoms with Gasteiger partial charge in [-0.15, -0.1) is 0 Å². The molecule has 1 aliphatic heterocycles. The number of esters is 2. The van der Waals surface area contributed by atoms with Gasteiger partial charge in [0, 0.05) is 25.3 Å². The quantitative estimate of drug-likeness (QED) is 0.598. The van der Waals surface area contributed by atoms with E-state index in [1.54, 1.807) is 19.9 Å². The van der Waals surface area contributed by atoms with Gasteiger partial charge in [-0.3, -0.25) is 14.4 Å². The van der Waals surface area contributed by atoms with Crippen LogP contribution >= 0.6 is 0 Å². The molecule has 26 heavy (non-hydrogen) atoms. The van der Waals surface area contributed by atoms with Crippen molar-refractivity contribution in [3.63, 3.8) is 0 Å². The van der Waals surface area contributed by atoms with Crippen molar-refractivity contribution >= 4 is 23.5 Å². The van der Waals surface area contributed by atoms with Gasteiger partial charge in [0.2, 0.25) is 0 Å². The lowest BCUT2D eigenvalue weighted by Crippen LogP contribution is -2.32. The molecule has 0 spiro atoms. The van der Waals surface area contributed by atoms with E-state index in [1.807, 2.05) is 0 Å². The minimum atomic E-state index is -1.22. The number of aliphatic hydroxyl groups excluding tert-OH is 1. The Morgan fingerprint density at radius 1 is 1.27 bits per heavy atom. The zero-order chi connectivity index (χ0) is 19.7. The lowest BCUT2D eigenvalue weighted by Gasteiger charge is -2.21. The monoisotopic (exact) mass is 366 g/mol. The summed E-state index contributed by atoms with van der Waals surface area (Å²) < 4.78 is 10.3. The van der Waals surface area contributed by atoms with Gasteiger partial charge in [-0.25, -0.2) is 4.79 Å². The number of ketones is 2. The van der Waals surface area contributed by atoms with Gasteiger partial charge in [0.05, 0.1) is 12.0 Å². The van der Waals surface area contributed by atoms with Crippen LogP contribution in [0.3, 0.4) is 0 Å². The van der Waals surface area contributed by atoms with Crippen LogP contribution in [0.1, 0.15) is 46.5 Å². The average Bonchev–Trinajstić information content (AvgIpc) is 2.56. The Hall–Kier alpha value is -2.28. The zero-order valence-electron chi connectivity index (χ0n) is 15.3. The van der Waals surface area contributed by atoms with Gasteiger partial charge < -0.3 is 14.6 Å².